The lowest BCUT2D eigenvalue weighted by Gasteiger charge is -2.18. The highest BCUT2D eigenvalue weighted by Gasteiger charge is 2.19. The first kappa shape index (κ1) is 31.8. The minimum absolute atomic E-state index is 0.903. The van der Waals surface area contributed by atoms with Gasteiger partial charge in [0.1, 0.15) is 11.2 Å². The lowest BCUT2D eigenvalue weighted by molar-refractivity contribution is 0.673. The van der Waals surface area contributed by atoms with E-state index in [0.717, 1.165) is 33.1 Å². The molecular formula is C56H34O. The van der Waals surface area contributed by atoms with Crippen molar-refractivity contribution in [3.63, 3.8) is 0 Å². The summed E-state index contributed by atoms with van der Waals surface area (Å²) in [4.78, 5) is 0. The van der Waals surface area contributed by atoms with Gasteiger partial charge in [-0.25, -0.2) is 0 Å². The van der Waals surface area contributed by atoms with Crippen molar-refractivity contribution in [2.45, 2.75) is 0 Å². The van der Waals surface area contributed by atoms with Gasteiger partial charge in [0, 0.05) is 16.2 Å². The molecule has 1 heterocycles. The summed E-state index contributed by atoms with van der Waals surface area (Å²) in [5.41, 5.74) is 11.5. The van der Waals surface area contributed by atoms with E-state index in [9.17, 15) is 0 Å². The number of hydrogen-bond donors (Lipinski definition) is 0. The largest absolute Gasteiger partial charge is 0.455 e. The zero-order valence-electron chi connectivity index (χ0n) is 31.0. The fourth-order valence-electron chi connectivity index (χ4n) is 9.41. The molecule has 1 aromatic heterocycles. The van der Waals surface area contributed by atoms with Gasteiger partial charge < -0.3 is 4.42 Å². The average molecular weight is 723 g/mol. The maximum absolute atomic E-state index is 6.78. The van der Waals surface area contributed by atoms with Crippen LogP contribution in [0.5, 0.6) is 0 Å². The van der Waals surface area contributed by atoms with Gasteiger partial charge >= 0.3 is 0 Å². The summed E-state index contributed by atoms with van der Waals surface area (Å²) in [6, 6.07) is 75.2. The fourth-order valence-corrected chi connectivity index (χ4v) is 9.41. The second-order valence-corrected chi connectivity index (χ2v) is 15.2. The second-order valence-electron chi connectivity index (χ2n) is 15.2. The Labute approximate surface area is 329 Å². The molecule has 0 amide bonds. The molecule has 0 spiro atoms. The molecule has 0 saturated heterocycles. The first-order chi connectivity index (χ1) is 28.3. The van der Waals surface area contributed by atoms with Crippen molar-refractivity contribution in [2.24, 2.45) is 0 Å². The highest BCUT2D eigenvalue weighted by atomic mass is 16.3. The summed E-state index contributed by atoms with van der Waals surface area (Å²) >= 11 is 0. The van der Waals surface area contributed by atoms with Gasteiger partial charge in [-0.05, 0) is 123 Å². The van der Waals surface area contributed by atoms with Crippen LogP contribution in [0.3, 0.4) is 0 Å². The van der Waals surface area contributed by atoms with Crippen LogP contribution in [0.15, 0.2) is 211 Å². The van der Waals surface area contributed by atoms with Crippen molar-refractivity contribution in [2.75, 3.05) is 0 Å². The molecule has 1 nitrogen and oxygen atoms in total. The standard InChI is InChI=1S/C56H34O/c1-2-14-36-31-39(28-27-35(36)13-1)37-15-11-17-41(32-37)53-46-22-6-8-24-48(46)54(49-25-9-7-23-47(49)53)42-18-12-16-38(33-42)40-29-30-51-52(34-40)57-56-50-26-10-4-20-44(50)43-19-3-5-21-45(43)55(51)56/h1-34H. The van der Waals surface area contributed by atoms with Crippen LogP contribution < -0.4 is 0 Å². The number of rotatable bonds is 4. The molecule has 0 bridgehead atoms. The van der Waals surface area contributed by atoms with Gasteiger partial charge in [-0.1, -0.05) is 176 Å². The molecule has 0 unspecified atom stereocenters. The van der Waals surface area contributed by atoms with E-state index in [0.29, 0.717) is 0 Å². The Balaban J connectivity index is 1.02. The van der Waals surface area contributed by atoms with Crippen molar-refractivity contribution in [1.29, 1.82) is 0 Å². The quantitative estimate of drug-likeness (QED) is 0.130. The van der Waals surface area contributed by atoms with Crippen LogP contribution in [0.4, 0.5) is 0 Å². The normalized spacial score (nSPS) is 11.9. The van der Waals surface area contributed by atoms with Gasteiger partial charge in [0.15, 0.2) is 0 Å². The zero-order chi connectivity index (χ0) is 37.5. The summed E-state index contributed by atoms with van der Waals surface area (Å²) in [6.45, 7) is 0. The predicted molar refractivity (Wildman–Crippen MR) is 243 cm³/mol. The molecule has 11 aromatic carbocycles. The molecule has 0 atom stereocenters. The molecule has 0 N–H and O–H groups in total. The topological polar surface area (TPSA) is 13.1 Å². The lowest BCUT2D eigenvalue weighted by atomic mass is 9.85. The molecule has 0 radical (unpaired) electrons. The second kappa shape index (κ2) is 12.5. The van der Waals surface area contributed by atoms with Crippen LogP contribution in [0, 0.1) is 0 Å². The van der Waals surface area contributed by atoms with Gasteiger partial charge in [-0.2, -0.15) is 0 Å². The summed E-state index contributed by atoms with van der Waals surface area (Å²) in [5.74, 6) is 0. The van der Waals surface area contributed by atoms with Crippen molar-refractivity contribution in [3.05, 3.63) is 206 Å². The number of hydrogen-bond acceptors (Lipinski definition) is 1. The zero-order valence-corrected chi connectivity index (χ0v) is 31.0. The van der Waals surface area contributed by atoms with Crippen LogP contribution >= 0.6 is 0 Å². The van der Waals surface area contributed by atoms with Gasteiger partial charge in [-0.15, -0.1) is 0 Å². The van der Waals surface area contributed by atoms with Crippen molar-refractivity contribution < 1.29 is 4.42 Å². The Morgan fingerprint density at radius 3 is 1.30 bits per heavy atom. The Hall–Kier alpha value is -7.48. The number of fused-ring (bicyclic) bond motifs is 11. The van der Waals surface area contributed by atoms with E-state index in [4.69, 9.17) is 4.42 Å². The van der Waals surface area contributed by atoms with Gasteiger partial charge in [0.25, 0.3) is 0 Å². The summed E-state index contributed by atoms with van der Waals surface area (Å²) in [7, 11) is 0. The third-order valence-electron chi connectivity index (χ3n) is 12.0. The third kappa shape index (κ3) is 4.96. The summed E-state index contributed by atoms with van der Waals surface area (Å²) in [6.07, 6.45) is 0. The molecule has 0 saturated carbocycles. The SMILES string of the molecule is c1cc(-c2ccc3ccccc3c2)cc(-c2c3ccccc3c(-c3cccc(-c4ccc5c(c4)oc4c6ccccc6c6ccccc6c54)c3)c3ccccc23)c1. The van der Waals surface area contributed by atoms with E-state index in [1.54, 1.807) is 0 Å². The molecule has 0 aliphatic carbocycles. The first-order valence-corrected chi connectivity index (χ1v) is 19.7. The van der Waals surface area contributed by atoms with E-state index in [-0.39, 0.29) is 0 Å². The van der Waals surface area contributed by atoms with Crippen molar-refractivity contribution in [1.82, 2.24) is 0 Å². The van der Waals surface area contributed by atoms with Crippen molar-refractivity contribution >= 4 is 75.8 Å². The Morgan fingerprint density at radius 1 is 0.246 bits per heavy atom. The highest BCUT2D eigenvalue weighted by Crippen LogP contribution is 2.46. The van der Waals surface area contributed by atoms with E-state index in [1.165, 1.54) is 87.2 Å². The average Bonchev–Trinajstić information content (AvgIpc) is 3.68. The Bertz CT molecular complexity index is 3530. The molecule has 12 aromatic rings. The number of benzene rings is 11. The number of furan rings is 1. The smallest absolute Gasteiger partial charge is 0.143 e. The maximum atomic E-state index is 6.78. The molecular weight excluding hydrogens is 689 g/mol. The van der Waals surface area contributed by atoms with E-state index >= 15 is 0 Å². The van der Waals surface area contributed by atoms with Crippen molar-refractivity contribution in [3.8, 4) is 44.5 Å². The molecule has 1 heteroatoms. The van der Waals surface area contributed by atoms with E-state index in [2.05, 4.69) is 206 Å². The van der Waals surface area contributed by atoms with Crippen LogP contribution in [0.1, 0.15) is 0 Å². The maximum Gasteiger partial charge on any atom is 0.143 e. The van der Waals surface area contributed by atoms with Crippen LogP contribution in [0.2, 0.25) is 0 Å². The van der Waals surface area contributed by atoms with E-state index in [1.807, 2.05) is 0 Å². The molecule has 12 rings (SSSR count). The fraction of sp³-hybridized carbons (Fsp3) is 0. The molecule has 264 valence electrons. The molecule has 0 aliphatic heterocycles. The third-order valence-corrected chi connectivity index (χ3v) is 12.0. The first-order valence-electron chi connectivity index (χ1n) is 19.7. The lowest BCUT2D eigenvalue weighted by Crippen LogP contribution is -1.91. The van der Waals surface area contributed by atoms with Crippen LogP contribution in [-0.2, 0) is 0 Å². The van der Waals surface area contributed by atoms with Gasteiger partial charge in [0.2, 0.25) is 0 Å². The molecule has 0 aliphatic rings. The highest BCUT2D eigenvalue weighted by molar-refractivity contribution is 6.30. The van der Waals surface area contributed by atoms with Crippen LogP contribution in [-0.4, -0.2) is 0 Å². The van der Waals surface area contributed by atoms with E-state index < -0.39 is 0 Å². The molecule has 57 heavy (non-hydrogen) atoms. The molecule has 0 fully saturated rings. The minimum atomic E-state index is 0.903. The predicted octanol–water partition coefficient (Wildman–Crippen LogP) is 16.0. The van der Waals surface area contributed by atoms with Gasteiger partial charge in [0.05, 0.1) is 0 Å². The van der Waals surface area contributed by atoms with Crippen LogP contribution in [0.25, 0.3) is 120 Å². The minimum Gasteiger partial charge on any atom is -0.455 e. The monoisotopic (exact) mass is 722 g/mol. The summed E-state index contributed by atoms with van der Waals surface area (Å²) in [5, 5.41) is 14.6. The Kier molecular flexibility index (Phi) is 7.00. The van der Waals surface area contributed by atoms with Gasteiger partial charge in [-0.3, -0.25) is 0 Å². The Morgan fingerprint density at radius 2 is 0.684 bits per heavy atom. The summed E-state index contributed by atoms with van der Waals surface area (Å²) < 4.78 is 6.78.